The predicted molar refractivity (Wildman–Crippen MR) is 122 cm³/mol. The molecule has 0 radical (unpaired) electrons. The van der Waals surface area contributed by atoms with Gasteiger partial charge in [-0.2, -0.15) is 5.26 Å². The number of pyridine rings is 1. The van der Waals surface area contributed by atoms with Gasteiger partial charge in [-0.1, -0.05) is 103 Å². The van der Waals surface area contributed by atoms with Gasteiger partial charge in [0.2, 0.25) is 0 Å². The Morgan fingerprint density at radius 2 is 1.42 bits per heavy atom. The Bertz CT molecular complexity index is 1240. The minimum Gasteiger partial charge on any atom is -0.480 e. The summed E-state index contributed by atoms with van der Waals surface area (Å²) in [6, 6.07) is 32.4. The molecular formula is C26H18N2O2S. The van der Waals surface area contributed by atoms with Gasteiger partial charge < -0.3 is 5.11 Å². The molecule has 1 atom stereocenters. The van der Waals surface area contributed by atoms with Crippen LogP contribution >= 0.6 is 11.8 Å². The Balaban J connectivity index is 1.90. The summed E-state index contributed by atoms with van der Waals surface area (Å²) in [6.07, 6.45) is 0. The number of hydrogen-bond donors (Lipinski definition) is 1. The Hall–Kier alpha value is -3.88. The fourth-order valence-corrected chi connectivity index (χ4v) is 4.36. The first-order chi connectivity index (χ1) is 15.2. The SMILES string of the molecule is N#Cc1c(-c2ccccc2)cc(-c2ccccc2)nc1S[C@H](C(=O)O)c1ccccc1. The molecule has 0 amide bonds. The normalized spacial score (nSPS) is 11.5. The maximum absolute atomic E-state index is 12.1. The maximum Gasteiger partial charge on any atom is 0.321 e. The van der Waals surface area contributed by atoms with Gasteiger partial charge in [-0.25, -0.2) is 4.98 Å². The van der Waals surface area contributed by atoms with Crippen molar-refractivity contribution in [2.24, 2.45) is 0 Å². The number of hydrogen-bond acceptors (Lipinski definition) is 4. The van der Waals surface area contributed by atoms with Gasteiger partial charge in [0.15, 0.2) is 0 Å². The molecule has 31 heavy (non-hydrogen) atoms. The highest BCUT2D eigenvalue weighted by atomic mass is 32.2. The maximum atomic E-state index is 12.1. The molecule has 0 fully saturated rings. The van der Waals surface area contributed by atoms with Crippen molar-refractivity contribution in [1.29, 1.82) is 5.26 Å². The van der Waals surface area contributed by atoms with Crippen LogP contribution in [0, 0.1) is 11.3 Å². The fraction of sp³-hybridized carbons (Fsp3) is 0.0385. The van der Waals surface area contributed by atoms with Crippen molar-refractivity contribution in [2.75, 3.05) is 0 Å². The number of benzene rings is 3. The third-order valence-electron chi connectivity index (χ3n) is 4.81. The summed E-state index contributed by atoms with van der Waals surface area (Å²) in [6.45, 7) is 0. The van der Waals surface area contributed by atoms with Crippen molar-refractivity contribution >= 4 is 17.7 Å². The average Bonchev–Trinajstić information content (AvgIpc) is 2.83. The van der Waals surface area contributed by atoms with E-state index >= 15 is 0 Å². The van der Waals surface area contributed by atoms with Crippen LogP contribution in [-0.2, 0) is 4.79 Å². The van der Waals surface area contributed by atoms with Crippen molar-refractivity contribution < 1.29 is 9.90 Å². The lowest BCUT2D eigenvalue weighted by molar-refractivity contribution is -0.136. The van der Waals surface area contributed by atoms with E-state index in [2.05, 4.69) is 6.07 Å². The molecule has 0 aliphatic carbocycles. The van der Waals surface area contributed by atoms with Crippen LogP contribution < -0.4 is 0 Å². The molecule has 3 aromatic carbocycles. The highest BCUT2D eigenvalue weighted by molar-refractivity contribution is 8.00. The molecule has 0 spiro atoms. The van der Waals surface area contributed by atoms with Crippen LogP contribution in [0.1, 0.15) is 16.4 Å². The number of aromatic nitrogens is 1. The molecule has 0 aliphatic rings. The number of aliphatic carboxylic acids is 1. The summed E-state index contributed by atoms with van der Waals surface area (Å²) in [5.41, 5.74) is 4.23. The molecule has 4 rings (SSSR count). The second kappa shape index (κ2) is 9.29. The van der Waals surface area contributed by atoms with Crippen molar-refractivity contribution in [3.8, 4) is 28.5 Å². The third kappa shape index (κ3) is 4.50. The largest absolute Gasteiger partial charge is 0.480 e. The molecule has 0 bridgehead atoms. The summed E-state index contributed by atoms with van der Waals surface area (Å²) in [4.78, 5) is 16.8. The van der Waals surface area contributed by atoms with Crippen LogP contribution in [0.15, 0.2) is 102 Å². The van der Waals surface area contributed by atoms with Gasteiger partial charge in [-0.3, -0.25) is 4.79 Å². The Morgan fingerprint density at radius 1 is 0.871 bits per heavy atom. The average molecular weight is 423 g/mol. The van der Waals surface area contributed by atoms with Crippen LogP contribution in [0.5, 0.6) is 0 Å². The van der Waals surface area contributed by atoms with Gasteiger partial charge in [-0.15, -0.1) is 0 Å². The molecule has 1 heterocycles. The van der Waals surface area contributed by atoms with Crippen LogP contribution in [-0.4, -0.2) is 16.1 Å². The number of carboxylic acid groups (broad SMARTS) is 1. The van der Waals surface area contributed by atoms with Crippen LogP contribution in [0.3, 0.4) is 0 Å². The van der Waals surface area contributed by atoms with E-state index in [0.717, 1.165) is 28.5 Å². The summed E-state index contributed by atoms with van der Waals surface area (Å²) >= 11 is 1.09. The summed E-state index contributed by atoms with van der Waals surface area (Å²) in [5, 5.41) is 19.4. The van der Waals surface area contributed by atoms with Crippen LogP contribution in [0.4, 0.5) is 0 Å². The second-order valence-electron chi connectivity index (χ2n) is 6.83. The molecule has 4 aromatic rings. The van der Waals surface area contributed by atoms with Crippen molar-refractivity contribution in [3.63, 3.8) is 0 Å². The first kappa shape index (κ1) is 20.4. The van der Waals surface area contributed by atoms with Crippen LogP contribution in [0.25, 0.3) is 22.4 Å². The van der Waals surface area contributed by atoms with E-state index in [9.17, 15) is 15.2 Å². The number of carboxylic acids is 1. The minimum absolute atomic E-state index is 0.373. The zero-order chi connectivity index (χ0) is 21.6. The van der Waals surface area contributed by atoms with E-state index < -0.39 is 11.2 Å². The molecule has 1 aromatic heterocycles. The molecule has 4 nitrogen and oxygen atoms in total. The molecule has 5 heteroatoms. The smallest absolute Gasteiger partial charge is 0.321 e. The van der Waals surface area contributed by atoms with Gasteiger partial charge in [0.25, 0.3) is 0 Å². The van der Waals surface area contributed by atoms with Gasteiger partial charge in [0, 0.05) is 11.1 Å². The first-order valence-corrected chi connectivity index (χ1v) is 10.6. The first-order valence-electron chi connectivity index (χ1n) is 9.68. The number of rotatable bonds is 6. The number of nitrogens with zero attached hydrogens (tertiary/aromatic N) is 2. The molecule has 150 valence electrons. The zero-order valence-electron chi connectivity index (χ0n) is 16.5. The van der Waals surface area contributed by atoms with Crippen molar-refractivity contribution in [1.82, 2.24) is 4.98 Å². The third-order valence-corrected chi connectivity index (χ3v) is 6.04. The zero-order valence-corrected chi connectivity index (χ0v) is 17.3. The topological polar surface area (TPSA) is 74.0 Å². The lowest BCUT2D eigenvalue weighted by atomic mass is 9.99. The Kier molecular flexibility index (Phi) is 6.11. The standard InChI is InChI=1S/C26H18N2O2S/c27-17-22-21(18-10-4-1-5-11-18)16-23(19-12-6-2-7-13-19)28-25(22)31-24(26(29)30)20-14-8-3-9-15-20/h1-16,24H,(H,29,30)/t24-/m0/s1. The second-order valence-corrected chi connectivity index (χ2v) is 7.92. The quantitative estimate of drug-likeness (QED) is 0.374. The molecule has 0 saturated carbocycles. The van der Waals surface area contributed by atoms with Gasteiger partial charge in [-0.05, 0) is 17.2 Å². The molecule has 0 unspecified atom stereocenters. The molecule has 1 N–H and O–H groups in total. The van der Waals surface area contributed by atoms with E-state index in [1.807, 2.05) is 72.8 Å². The molecular weight excluding hydrogens is 404 g/mol. The summed E-state index contributed by atoms with van der Waals surface area (Å²) in [5.74, 6) is -0.978. The van der Waals surface area contributed by atoms with Gasteiger partial charge >= 0.3 is 5.97 Å². The highest BCUT2D eigenvalue weighted by Crippen LogP contribution is 2.40. The molecule has 0 aliphatic heterocycles. The minimum atomic E-state index is -0.978. The fourth-order valence-electron chi connectivity index (χ4n) is 3.32. The lowest BCUT2D eigenvalue weighted by Gasteiger charge is -2.16. The van der Waals surface area contributed by atoms with Gasteiger partial charge in [0.05, 0.1) is 11.3 Å². The number of thioether (sulfide) groups is 1. The monoisotopic (exact) mass is 422 g/mol. The number of carbonyl (C=O) groups is 1. The predicted octanol–water partition coefficient (Wildman–Crippen LogP) is 6.21. The Labute approximate surface area is 184 Å². The van der Waals surface area contributed by atoms with E-state index in [4.69, 9.17) is 4.98 Å². The van der Waals surface area contributed by atoms with Crippen molar-refractivity contribution in [3.05, 3.63) is 108 Å². The van der Waals surface area contributed by atoms with Crippen molar-refractivity contribution in [2.45, 2.75) is 10.3 Å². The Morgan fingerprint density at radius 3 is 1.97 bits per heavy atom. The van der Waals surface area contributed by atoms with Crippen LogP contribution in [0.2, 0.25) is 0 Å². The molecule has 0 saturated heterocycles. The van der Waals surface area contributed by atoms with Gasteiger partial charge in [0.1, 0.15) is 16.3 Å². The highest BCUT2D eigenvalue weighted by Gasteiger charge is 2.25. The summed E-state index contributed by atoms with van der Waals surface area (Å²) < 4.78 is 0. The van der Waals surface area contributed by atoms with E-state index in [0.29, 0.717) is 21.8 Å². The summed E-state index contributed by atoms with van der Waals surface area (Å²) in [7, 11) is 0. The number of nitriles is 1. The van der Waals surface area contributed by atoms with E-state index in [-0.39, 0.29) is 0 Å². The lowest BCUT2D eigenvalue weighted by Crippen LogP contribution is -2.09. The van der Waals surface area contributed by atoms with E-state index in [1.165, 1.54) is 0 Å². The van der Waals surface area contributed by atoms with E-state index in [1.54, 1.807) is 24.3 Å².